The van der Waals surface area contributed by atoms with Crippen LogP contribution in [0.15, 0.2) is 59.5 Å². The summed E-state index contributed by atoms with van der Waals surface area (Å²) in [5, 5.41) is 3.40. The molecular formula is C24H30N6O. The third kappa shape index (κ3) is 5.99. The van der Waals surface area contributed by atoms with Crippen LogP contribution in [0.5, 0.6) is 0 Å². The Morgan fingerprint density at radius 2 is 1.81 bits per heavy atom. The van der Waals surface area contributed by atoms with Crippen LogP contribution in [0.1, 0.15) is 18.2 Å². The average Bonchev–Trinajstić information content (AvgIpc) is 2.81. The molecule has 1 aliphatic heterocycles. The minimum Gasteiger partial charge on any atom is -0.369 e. The predicted octanol–water partition coefficient (Wildman–Crippen LogP) is 2.62. The molecule has 2 aromatic heterocycles. The molecule has 7 nitrogen and oxygen atoms in total. The van der Waals surface area contributed by atoms with Gasteiger partial charge < -0.3 is 10.3 Å². The Balaban J connectivity index is 1.22. The number of aryl methyl sites for hydroxylation is 1. The summed E-state index contributed by atoms with van der Waals surface area (Å²) >= 11 is 0. The average molecular weight is 419 g/mol. The van der Waals surface area contributed by atoms with Crippen molar-refractivity contribution in [2.24, 2.45) is 0 Å². The van der Waals surface area contributed by atoms with Crippen molar-refractivity contribution < 1.29 is 0 Å². The summed E-state index contributed by atoms with van der Waals surface area (Å²) in [6, 6.07) is 16.1. The largest absolute Gasteiger partial charge is 0.369 e. The lowest BCUT2D eigenvalue weighted by Crippen LogP contribution is -2.47. The maximum absolute atomic E-state index is 11.8. The molecule has 0 amide bonds. The first-order valence-corrected chi connectivity index (χ1v) is 11.0. The van der Waals surface area contributed by atoms with E-state index in [2.05, 4.69) is 60.4 Å². The molecule has 1 fully saturated rings. The molecule has 162 valence electrons. The fourth-order valence-corrected chi connectivity index (χ4v) is 3.82. The van der Waals surface area contributed by atoms with Crippen molar-refractivity contribution in [1.29, 1.82) is 0 Å². The highest BCUT2D eigenvalue weighted by Crippen LogP contribution is 2.15. The van der Waals surface area contributed by atoms with Crippen LogP contribution in [0.2, 0.25) is 0 Å². The van der Waals surface area contributed by atoms with Crippen LogP contribution in [-0.4, -0.2) is 64.0 Å². The van der Waals surface area contributed by atoms with Gasteiger partial charge in [0.2, 0.25) is 0 Å². The molecule has 2 N–H and O–H groups in total. The number of pyridine rings is 1. The fraction of sp³-hybridized carbons (Fsp3) is 0.375. The van der Waals surface area contributed by atoms with Gasteiger partial charge in [-0.25, -0.2) is 9.97 Å². The molecule has 0 aliphatic carbocycles. The van der Waals surface area contributed by atoms with Crippen molar-refractivity contribution >= 4 is 5.82 Å². The number of benzene rings is 1. The number of rotatable bonds is 8. The second-order valence-electron chi connectivity index (χ2n) is 7.90. The second-order valence-corrected chi connectivity index (χ2v) is 7.90. The molecule has 4 rings (SSSR count). The molecule has 31 heavy (non-hydrogen) atoms. The van der Waals surface area contributed by atoms with E-state index in [1.807, 2.05) is 19.1 Å². The zero-order valence-corrected chi connectivity index (χ0v) is 18.1. The Labute approximate surface area is 183 Å². The van der Waals surface area contributed by atoms with Gasteiger partial charge in [0.1, 0.15) is 11.6 Å². The van der Waals surface area contributed by atoms with Gasteiger partial charge in [-0.3, -0.25) is 14.6 Å². The number of hydrogen-bond acceptors (Lipinski definition) is 6. The lowest BCUT2D eigenvalue weighted by Gasteiger charge is -2.34. The number of nitrogens with one attached hydrogen (secondary N) is 2. The standard InChI is InChI=1S/C24H30N6O/c1-2-21-16-23(31)28-24(27-21)20-8-9-22(26-17-20)25-10-11-29-12-14-30(15-13-29)18-19-6-4-3-5-7-19/h3-9,16-17H,2,10-15,18H2,1H3,(H,25,26)(H,27,28,31). The van der Waals surface area contributed by atoms with Crippen LogP contribution in [0, 0.1) is 0 Å². The van der Waals surface area contributed by atoms with Gasteiger partial charge in [0.05, 0.1) is 0 Å². The highest BCUT2D eigenvalue weighted by atomic mass is 16.1. The zero-order chi connectivity index (χ0) is 21.5. The highest BCUT2D eigenvalue weighted by Gasteiger charge is 2.16. The van der Waals surface area contributed by atoms with Gasteiger partial charge in [-0.05, 0) is 24.1 Å². The van der Waals surface area contributed by atoms with Gasteiger partial charge >= 0.3 is 0 Å². The first kappa shape index (κ1) is 21.2. The van der Waals surface area contributed by atoms with E-state index in [-0.39, 0.29) is 5.56 Å². The Morgan fingerprint density at radius 1 is 1.03 bits per heavy atom. The number of piperazine rings is 1. The van der Waals surface area contributed by atoms with Gasteiger partial charge in [0.15, 0.2) is 0 Å². The molecule has 0 atom stereocenters. The van der Waals surface area contributed by atoms with E-state index >= 15 is 0 Å². The summed E-state index contributed by atoms with van der Waals surface area (Å²) in [6.07, 6.45) is 2.48. The number of aromatic amines is 1. The Bertz CT molecular complexity index is 1010. The Morgan fingerprint density at radius 3 is 2.52 bits per heavy atom. The number of hydrogen-bond donors (Lipinski definition) is 2. The molecule has 1 aromatic carbocycles. The minimum absolute atomic E-state index is 0.132. The number of anilines is 1. The molecule has 0 saturated carbocycles. The van der Waals surface area contributed by atoms with E-state index in [0.29, 0.717) is 5.82 Å². The van der Waals surface area contributed by atoms with Crippen molar-refractivity contribution in [1.82, 2.24) is 24.8 Å². The van der Waals surface area contributed by atoms with E-state index in [1.54, 1.807) is 6.20 Å². The minimum atomic E-state index is -0.132. The van der Waals surface area contributed by atoms with Gasteiger partial charge in [-0.2, -0.15) is 0 Å². The van der Waals surface area contributed by atoms with Gasteiger partial charge in [0.25, 0.3) is 5.56 Å². The monoisotopic (exact) mass is 418 g/mol. The van der Waals surface area contributed by atoms with Crippen LogP contribution < -0.4 is 10.9 Å². The number of aromatic nitrogens is 3. The van der Waals surface area contributed by atoms with Crippen molar-refractivity contribution in [2.75, 3.05) is 44.6 Å². The SMILES string of the molecule is CCc1cc(=O)[nH]c(-c2ccc(NCCN3CCN(Cc4ccccc4)CC3)nc2)n1. The van der Waals surface area contributed by atoms with Crippen LogP contribution in [0.25, 0.3) is 11.4 Å². The third-order valence-electron chi connectivity index (χ3n) is 5.64. The lowest BCUT2D eigenvalue weighted by atomic mass is 10.2. The zero-order valence-electron chi connectivity index (χ0n) is 18.1. The van der Waals surface area contributed by atoms with E-state index in [4.69, 9.17) is 0 Å². The molecule has 0 bridgehead atoms. The number of nitrogens with zero attached hydrogens (tertiary/aromatic N) is 4. The first-order chi connectivity index (χ1) is 15.2. The quantitative estimate of drug-likeness (QED) is 0.586. The Kier molecular flexibility index (Phi) is 7.07. The van der Waals surface area contributed by atoms with Crippen LogP contribution in [0.4, 0.5) is 5.82 Å². The molecule has 1 saturated heterocycles. The van der Waals surface area contributed by atoms with Crippen molar-refractivity contribution in [3.8, 4) is 11.4 Å². The lowest BCUT2D eigenvalue weighted by molar-refractivity contribution is 0.130. The summed E-state index contributed by atoms with van der Waals surface area (Å²) in [6.45, 7) is 9.25. The third-order valence-corrected chi connectivity index (χ3v) is 5.64. The first-order valence-electron chi connectivity index (χ1n) is 11.0. The van der Waals surface area contributed by atoms with E-state index in [9.17, 15) is 4.79 Å². The number of H-pyrrole nitrogens is 1. The molecule has 3 heterocycles. The highest BCUT2D eigenvalue weighted by molar-refractivity contribution is 5.55. The summed E-state index contributed by atoms with van der Waals surface area (Å²) in [5.74, 6) is 1.40. The molecule has 0 spiro atoms. The van der Waals surface area contributed by atoms with Crippen LogP contribution in [-0.2, 0) is 13.0 Å². The Hall–Kier alpha value is -3.03. The molecule has 7 heteroatoms. The van der Waals surface area contributed by atoms with Crippen LogP contribution >= 0.6 is 0 Å². The van der Waals surface area contributed by atoms with Crippen molar-refractivity contribution in [3.05, 3.63) is 76.3 Å². The smallest absolute Gasteiger partial charge is 0.251 e. The van der Waals surface area contributed by atoms with Crippen molar-refractivity contribution in [2.45, 2.75) is 19.9 Å². The van der Waals surface area contributed by atoms with E-state index in [1.165, 1.54) is 11.6 Å². The van der Waals surface area contributed by atoms with Gasteiger partial charge in [0, 0.05) is 69.3 Å². The topological polar surface area (TPSA) is 77.2 Å². The summed E-state index contributed by atoms with van der Waals surface area (Å²) in [7, 11) is 0. The molecule has 0 unspecified atom stereocenters. The van der Waals surface area contributed by atoms with Crippen molar-refractivity contribution in [3.63, 3.8) is 0 Å². The van der Waals surface area contributed by atoms with Gasteiger partial charge in [-0.1, -0.05) is 37.3 Å². The summed E-state index contributed by atoms with van der Waals surface area (Å²) < 4.78 is 0. The van der Waals surface area contributed by atoms with E-state index in [0.717, 1.165) is 69.3 Å². The molecular weight excluding hydrogens is 388 g/mol. The molecule has 1 aliphatic rings. The summed E-state index contributed by atoms with van der Waals surface area (Å²) in [4.78, 5) is 28.5. The van der Waals surface area contributed by atoms with Crippen LogP contribution in [0.3, 0.4) is 0 Å². The maximum atomic E-state index is 11.8. The molecule has 3 aromatic rings. The summed E-state index contributed by atoms with van der Waals surface area (Å²) in [5.41, 5.74) is 2.85. The maximum Gasteiger partial charge on any atom is 0.251 e. The predicted molar refractivity (Wildman–Crippen MR) is 124 cm³/mol. The fourth-order valence-electron chi connectivity index (χ4n) is 3.82. The second kappa shape index (κ2) is 10.3. The van der Waals surface area contributed by atoms with E-state index < -0.39 is 0 Å². The normalized spacial score (nSPS) is 15.1. The van der Waals surface area contributed by atoms with Gasteiger partial charge in [-0.15, -0.1) is 0 Å². The molecule has 0 radical (unpaired) electrons.